The van der Waals surface area contributed by atoms with E-state index in [2.05, 4.69) is 4.72 Å². The molecule has 1 N–H and O–H groups in total. The minimum absolute atomic E-state index is 0.0351. The van der Waals surface area contributed by atoms with Gasteiger partial charge in [0.1, 0.15) is 5.75 Å². The van der Waals surface area contributed by atoms with Crippen LogP contribution < -0.4 is 9.46 Å². The fourth-order valence-corrected chi connectivity index (χ4v) is 3.44. The first-order valence-corrected chi connectivity index (χ1v) is 9.69. The van der Waals surface area contributed by atoms with Gasteiger partial charge in [-0.15, -0.1) is 0 Å². The molecule has 146 valence electrons. The molecule has 0 aliphatic carbocycles. The Morgan fingerprint density at radius 1 is 1.31 bits per heavy atom. The SMILES string of the molecule is CCS(=O)(=O)NC1CCOCC1COc1ccc(C(=O)C(F)(F)F)cc1. The molecule has 0 saturated carbocycles. The van der Waals surface area contributed by atoms with Crippen molar-refractivity contribution in [2.24, 2.45) is 5.92 Å². The smallest absolute Gasteiger partial charge is 0.454 e. The summed E-state index contributed by atoms with van der Waals surface area (Å²) in [7, 11) is -3.37. The zero-order valence-electron chi connectivity index (χ0n) is 14.1. The van der Waals surface area contributed by atoms with Crippen LogP contribution in [0.25, 0.3) is 0 Å². The van der Waals surface area contributed by atoms with Crippen LogP contribution in [0.15, 0.2) is 24.3 Å². The summed E-state index contributed by atoms with van der Waals surface area (Å²) in [6, 6.07) is 4.29. The van der Waals surface area contributed by atoms with E-state index in [0.29, 0.717) is 19.6 Å². The van der Waals surface area contributed by atoms with E-state index in [1.54, 1.807) is 0 Å². The third kappa shape index (κ3) is 5.68. The Balaban J connectivity index is 1.97. The van der Waals surface area contributed by atoms with Gasteiger partial charge in [-0.05, 0) is 37.6 Å². The van der Waals surface area contributed by atoms with Crippen molar-refractivity contribution in [2.45, 2.75) is 25.6 Å². The fraction of sp³-hybridized carbons (Fsp3) is 0.562. The van der Waals surface area contributed by atoms with Crippen molar-refractivity contribution in [1.82, 2.24) is 4.72 Å². The number of carbonyl (C=O) groups is 1. The Kier molecular flexibility index (Phi) is 6.64. The van der Waals surface area contributed by atoms with E-state index in [-0.39, 0.29) is 30.1 Å². The highest BCUT2D eigenvalue weighted by molar-refractivity contribution is 7.89. The van der Waals surface area contributed by atoms with Gasteiger partial charge in [0, 0.05) is 24.1 Å². The van der Waals surface area contributed by atoms with Gasteiger partial charge in [-0.1, -0.05) is 0 Å². The van der Waals surface area contributed by atoms with E-state index in [1.807, 2.05) is 0 Å². The molecule has 1 heterocycles. The molecular formula is C16H20F3NO5S. The second kappa shape index (κ2) is 8.36. The molecule has 0 spiro atoms. The van der Waals surface area contributed by atoms with Crippen LogP contribution in [-0.2, 0) is 14.8 Å². The van der Waals surface area contributed by atoms with Crippen molar-refractivity contribution in [1.29, 1.82) is 0 Å². The van der Waals surface area contributed by atoms with E-state index in [9.17, 15) is 26.4 Å². The maximum Gasteiger partial charge on any atom is 0.454 e. The molecule has 26 heavy (non-hydrogen) atoms. The molecule has 0 bridgehead atoms. The molecule has 0 radical (unpaired) electrons. The quantitative estimate of drug-likeness (QED) is 0.716. The average Bonchev–Trinajstić information content (AvgIpc) is 2.60. The summed E-state index contributed by atoms with van der Waals surface area (Å²) in [6.07, 6.45) is -4.42. The van der Waals surface area contributed by atoms with Gasteiger partial charge in [0.25, 0.3) is 5.78 Å². The van der Waals surface area contributed by atoms with E-state index >= 15 is 0 Å². The first-order chi connectivity index (χ1) is 12.1. The fourth-order valence-electron chi connectivity index (χ4n) is 2.50. The molecule has 1 fully saturated rings. The van der Waals surface area contributed by atoms with Crippen molar-refractivity contribution >= 4 is 15.8 Å². The second-order valence-electron chi connectivity index (χ2n) is 5.91. The Morgan fingerprint density at radius 3 is 2.54 bits per heavy atom. The molecule has 1 saturated heterocycles. The van der Waals surface area contributed by atoms with Gasteiger partial charge in [0.2, 0.25) is 10.0 Å². The van der Waals surface area contributed by atoms with Crippen molar-refractivity contribution in [3.8, 4) is 5.75 Å². The van der Waals surface area contributed by atoms with E-state index < -0.39 is 27.5 Å². The summed E-state index contributed by atoms with van der Waals surface area (Å²) in [4.78, 5) is 11.1. The number of rotatable bonds is 7. The van der Waals surface area contributed by atoms with Crippen LogP contribution in [-0.4, -0.2) is 52.0 Å². The summed E-state index contributed by atoms with van der Waals surface area (Å²) in [5, 5.41) is 0. The number of alkyl halides is 3. The average molecular weight is 395 g/mol. The zero-order chi connectivity index (χ0) is 19.4. The summed E-state index contributed by atoms with van der Waals surface area (Å²) in [6.45, 7) is 2.41. The van der Waals surface area contributed by atoms with Crippen LogP contribution in [0.3, 0.4) is 0 Å². The number of carbonyl (C=O) groups excluding carboxylic acids is 1. The lowest BCUT2D eigenvalue weighted by molar-refractivity contribution is -0.0885. The molecule has 2 rings (SSSR count). The Hall–Kier alpha value is -1.65. The van der Waals surface area contributed by atoms with Crippen molar-refractivity contribution in [3.63, 3.8) is 0 Å². The number of ketones is 1. The number of hydrogen-bond donors (Lipinski definition) is 1. The predicted octanol–water partition coefficient (Wildman–Crippen LogP) is 2.15. The predicted molar refractivity (Wildman–Crippen MR) is 87.6 cm³/mol. The third-order valence-corrected chi connectivity index (χ3v) is 5.45. The molecule has 1 aromatic carbocycles. The van der Waals surface area contributed by atoms with Crippen LogP contribution in [0, 0.1) is 5.92 Å². The highest BCUT2D eigenvalue weighted by Gasteiger charge is 2.39. The molecule has 10 heteroatoms. The molecule has 2 unspecified atom stereocenters. The standard InChI is InChI=1S/C16H20F3NO5S/c1-2-26(22,23)20-14-7-8-24-9-12(14)10-25-13-5-3-11(4-6-13)15(21)16(17,18)19/h3-6,12,14,20H,2,7-10H2,1H3. The number of Topliss-reactive ketones (excluding diaryl/α,β-unsaturated/α-hetero) is 1. The molecule has 0 aromatic heterocycles. The van der Waals surface area contributed by atoms with Gasteiger partial charge in [-0.2, -0.15) is 13.2 Å². The zero-order valence-corrected chi connectivity index (χ0v) is 14.9. The third-order valence-electron chi connectivity index (χ3n) is 4.02. The lowest BCUT2D eigenvalue weighted by atomic mass is 9.98. The van der Waals surface area contributed by atoms with Crippen molar-refractivity contribution in [3.05, 3.63) is 29.8 Å². The summed E-state index contributed by atoms with van der Waals surface area (Å²) in [5.41, 5.74) is -0.473. The molecule has 2 atom stereocenters. The van der Waals surface area contributed by atoms with Gasteiger partial charge in [0.15, 0.2) is 0 Å². The number of benzene rings is 1. The van der Waals surface area contributed by atoms with Crippen molar-refractivity contribution in [2.75, 3.05) is 25.6 Å². The number of hydrogen-bond acceptors (Lipinski definition) is 5. The van der Waals surface area contributed by atoms with Crippen LogP contribution >= 0.6 is 0 Å². The first kappa shape index (κ1) is 20.7. The lowest BCUT2D eigenvalue weighted by Crippen LogP contribution is -2.47. The van der Waals surface area contributed by atoms with E-state index in [0.717, 1.165) is 12.1 Å². The molecule has 1 aliphatic heterocycles. The normalized spacial score (nSPS) is 21.4. The summed E-state index contributed by atoms with van der Waals surface area (Å²) < 4.78 is 74.2. The van der Waals surface area contributed by atoms with Crippen molar-refractivity contribution < 1.29 is 35.9 Å². The number of sulfonamides is 1. The second-order valence-corrected chi connectivity index (χ2v) is 7.96. The van der Waals surface area contributed by atoms with Gasteiger partial charge in [-0.3, -0.25) is 4.79 Å². The first-order valence-electron chi connectivity index (χ1n) is 8.04. The highest BCUT2D eigenvalue weighted by Crippen LogP contribution is 2.24. The Morgan fingerprint density at radius 2 is 1.96 bits per heavy atom. The van der Waals surface area contributed by atoms with Gasteiger partial charge < -0.3 is 9.47 Å². The molecule has 1 aliphatic rings. The van der Waals surface area contributed by atoms with E-state index in [1.165, 1.54) is 19.1 Å². The van der Waals surface area contributed by atoms with Gasteiger partial charge in [-0.25, -0.2) is 13.1 Å². The van der Waals surface area contributed by atoms with Gasteiger partial charge in [0.05, 0.1) is 19.0 Å². The van der Waals surface area contributed by atoms with Crippen LogP contribution in [0.1, 0.15) is 23.7 Å². The minimum atomic E-state index is -4.93. The molecule has 6 nitrogen and oxygen atoms in total. The van der Waals surface area contributed by atoms with Crippen LogP contribution in [0.5, 0.6) is 5.75 Å². The Bertz CT molecular complexity index is 718. The summed E-state index contributed by atoms with van der Waals surface area (Å²) in [5.74, 6) is -1.90. The largest absolute Gasteiger partial charge is 0.493 e. The summed E-state index contributed by atoms with van der Waals surface area (Å²) >= 11 is 0. The minimum Gasteiger partial charge on any atom is -0.493 e. The lowest BCUT2D eigenvalue weighted by Gasteiger charge is -2.31. The molecule has 1 aromatic rings. The maximum absolute atomic E-state index is 12.4. The number of halogens is 3. The number of ether oxygens (including phenoxy) is 2. The highest BCUT2D eigenvalue weighted by atomic mass is 32.2. The van der Waals surface area contributed by atoms with E-state index in [4.69, 9.17) is 9.47 Å². The molecule has 0 amide bonds. The van der Waals surface area contributed by atoms with Crippen LogP contribution in [0.4, 0.5) is 13.2 Å². The van der Waals surface area contributed by atoms with Gasteiger partial charge >= 0.3 is 6.18 Å². The topological polar surface area (TPSA) is 81.7 Å². The monoisotopic (exact) mass is 395 g/mol. The number of nitrogens with one attached hydrogen (secondary N) is 1. The maximum atomic E-state index is 12.4. The Labute approximate surface area is 149 Å². The molecular weight excluding hydrogens is 375 g/mol. The van der Waals surface area contributed by atoms with Crippen LogP contribution in [0.2, 0.25) is 0 Å².